The predicted octanol–water partition coefficient (Wildman–Crippen LogP) is 2.19. The van der Waals surface area contributed by atoms with Crippen LogP contribution in [0.1, 0.15) is 39.4 Å². The molecule has 0 saturated carbocycles. The molecular weight excluding hydrogens is 276 g/mol. The zero-order valence-corrected chi connectivity index (χ0v) is 13.2. The van der Waals surface area contributed by atoms with Gasteiger partial charge in [-0.15, -0.1) is 0 Å². The largest absolute Gasteiger partial charge is 0.447 e. The van der Waals surface area contributed by atoms with E-state index in [1.54, 1.807) is 6.07 Å². The summed E-state index contributed by atoms with van der Waals surface area (Å²) in [4.78, 5) is 0. The fraction of sp³-hybridized carbons (Fsp3) is 0.714. The number of piperidine rings is 1. The van der Waals surface area contributed by atoms with Gasteiger partial charge in [-0.1, -0.05) is 20.8 Å². The van der Waals surface area contributed by atoms with Crippen LogP contribution in [0.4, 0.5) is 0 Å². The molecule has 1 aromatic rings. The lowest BCUT2D eigenvalue weighted by molar-refractivity contribution is 0.153. The summed E-state index contributed by atoms with van der Waals surface area (Å²) in [6.07, 6.45) is 1.79. The molecule has 0 atom stereocenters. The summed E-state index contributed by atoms with van der Waals surface area (Å²) in [6, 6.07) is 3.11. The van der Waals surface area contributed by atoms with Gasteiger partial charge in [0.25, 0.3) is 10.0 Å². The average molecular weight is 300 g/mol. The van der Waals surface area contributed by atoms with Gasteiger partial charge in [-0.05, 0) is 36.3 Å². The van der Waals surface area contributed by atoms with Crippen molar-refractivity contribution >= 4 is 10.0 Å². The second kappa shape index (κ2) is 5.50. The van der Waals surface area contributed by atoms with Crippen LogP contribution < -0.4 is 5.73 Å². The normalized spacial score (nSPS) is 19.4. The highest BCUT2D eigenvalue weighted by Crippen LogP contribution is 2.35. The van der Waals surface area contributed by atoms with Gasteiger partial charge in [-0.2, -0.15) is 4.31 Å². The van der Waals surface area contributed by atoms with E-state index in [-0.39, 0.29) is 17.1 Å². The Morgan fingerprint density at radius 2 is 1.90 bits per heavy atom. The van der Waals surface area contributed by atoms with Crippen LogP contribution in [-0.4, -0.2) is 25.8 Å². The van der Waals surface area contributed by atoms with Crippen LogP contribution in [0.5, 0.6) is 0 Å². The zero-order chi connectivity index (χ0) is 15.0. The minimum atomic E-state index is -3.51. The first-order chi connectivity index (χ1) is 9.25. The highest BCUT2D eigenvalue weighted by molar-refractivity contribution is 7.89. The molecule has 1 saturated heterocycles. The van der Waals surface area contributed by atoms with Crippen LogP contribution in [0.15, 0.2) is 21.6 Å². The maximum absolute atomic E-state index is 12.5. The average Bonchev–Trinajstić information content (AvgIpc) is 2.87. The Hall–Kier alpha value is -0.850. The first-order valence-corrected chi connectivity index (χ1v) is 8.48. The number of rotatable bonds is 3. The molecule has 1 fully saturated rings. The molecule has 1 aliphatic rings. The molecule has 2 rings (SSSR count). The van der Waals surface area contributed by atoms with Gasteiger partial charge in [0, 0.05) is 13.1 Å². The highest BCUT2D eigenvalue weighted by Gasteiger charge is 2.35. The standard InChI is InChI=1S/C14H24N2O3S/c1-14(2,3)11-6-8-16(9-7-11)20(17,18)13-5-4-12(10-15)19-13/h4-5,11H,6-10,15H2,1-3H3. The lowest BCUT2D eigenvalue weighted by Gasteiger charge is -2.37. The smallest absolute Gasteiger partial charge is 0.276 e. The van der Waals surface area contributed by atoms with Crippen LogP contribution in [0.25, 0.3) is 0 Å². The maximum Gasteiger partial charge on any atom is 0.276 e. The molecule has 0 amide bonds. The van der Waals surface area contributed by atoms with Crippen molar-refractivity contribution in [1.29, 1.82) is 0 Å². The monoisotopic (exact) mass is 300 g/mol. The van der Waals surface area contributed by atoms with Gasteiger partial charge in [0.2, 0.25) is 5.09 Å². The van der Waals surface area contributed by atoms with E-state index < -0.39 is 10.0 Å². The first-order valence-electron chi connectivity index (χ1n) is 7.04. The number of sulfonamides is 1. The quantitative estimate of drug-likeness (QED) is 0.928. The van der Waals surface area contributed by atoms with Crippen molar-refractivity contribution in [2.75, 3.05) is 13.1 Å². The van der Waals surface area contributed by atoms with E-state index in [1.807, 2.05) is 0 Å². The van der Waals surface area contributed by atoms with Gasteiger partial charge in [-0.25, -0.2) is 8.42 Å². The molecule has 2 N–H and O–H groups in total. The molecule has 0 aliphatic carbocycles. The van der Waals surface area contributed by atoms with Crippen molar-refractivity contribution in [2.45, 2.75) is 45.2 Å². The summed E-state index contributed by atoms with van der Waals surface area (Å²) < 4.78 is 31.7. The number of nitrogens with zero attached hydrogens (tertiary/aromatic N) is 1. The number of hydrogen-bond acceptors (Lipinski definition) is 4. The van der Waals surface area contributed by atoms with E-state index in [9.17, 15) is 8.42 Å². The molecule has 0 unspecified atom stereocenters. The van der Waals surface area contributed by atoms with Crippen molar-refractivity contribution in [3.8, 4) is 0 Å². The number of furan rings is 1. The fourth-order valence-electron chi connectivity index (χ4n) is 2.70. The molecule has 0 radical (unpaired) electrons. The van der Waals surface area contributed by atoms with Crippen LogP contribution in [0.3, 0.4) is 0 Å². The topological polar surface area (TPSA) is 76.5 Å². The molecule has 5 nitrogen and oxygen atoms in total. The van der Waals surface area contributed by atoms with E-state index >= 15 is 0 Å². The summed E-state index contributed by atoms with van der Waals surface area (Å²) in [5.74, 6) is 1.05. The Morgan fingerprint density at radius 1 is 1.30 bits per heavy atom. The summed E-state index contributed by atoms with van der Waals surface area (Å²) in [5, 5.41) is 0.00663. The molecule has 6 heteroatoms. The molecular formula is C14H24N2O3S. The Bertz CT molecular complexity index is 549. The summed E-state index contributed by atoms with van der Waals surface area (Å²) in [5.41, 5.74) is 5.68. The van der Waals surface area contributed by atoms with Gasteiger partial charge in [0.1, 0.15) is 5.76 Å². The Labute approximate surface area is 121 Å². The second-order valence-corrected chi connectivity index (χ2v) is 8.34. The highest BCUT2D eigenvalue weighted by atomic mass is 32.2. The van der Waals surface area contributed by atoms with Crippen LogP contribution in [-0.2, 0) is 16.6 Å². The molecule has 1 aromatic heterocycles. The minimum absolute atomic E-state index is 0.00663. The van der Waals surface area contributed by atoms with Crippen molar-refractivity contribution < 1.29 is 12.8 Å². The lowest BCUT2D eigenvalue weighted by Crippen LogP contribution is -2.41. The van der Waals surface area contributed by atoms with Gasteiger partial charge in [0.05, 0.1) is 6.54 Å². The SMILES string of the molecule is CC(C)(C)C1CCN(S(=O)(=O)c2ccc(CN)o2)CC1. The number of hydrogen-bond donors (Lipinski definition) is 1. The van der Waals surface area contributed by atoms with Crippen LogP contribution >= 0.6 is 0 Å². The van der Waals surface area contributed by atoms with Gasteiger partial charge in [0.15, 0.2) is 0 Å². The minimum Gasteiger partial charge on any atom is -0.447 e. The van der Waals surface area contributed by atoms with Crippen molar-refractivity contribution in [3.63, 3.8) is 0 Å². The third-order valence-corrected chi connectivity index (χ3v) is 5.88. The molecule has 20 heavy (non-hydrogen) atoms. The van der Waals surface area contributed by atoms with Gasteiger partial charge in [-0.3, -0.25) is 0 Å². The van der Waals surface area contributed by atoms with Gasteiger partial charge < -0.3 is 10.2 Å². The van der Waals surface area contributed by atoms with E-state index in [1.165, 1.54) is 10.4 Å². The zero-order valence-electron chi connectivity index (χ0n) is 12.4. The van der Waals surface area contributed by atoms with E-state index in [0.29, 0.717) is 24.8 Å². The summed E-state index contributed by atoms with van der Waals surface area (Å²) in [7, 11) is -3.51. The van der Waals surface area contributed by atoms with Gasteiger partial charge >= 0.3 is 0 Å². The molecule has 0 spiro atoms. The molecule has 114 valence electrons. The van der Waals surface area contributed by atoms with E-state index in [2.05, 4.69) is 20.8 Å². The molecule has 1 aliphatic heterocycles. The summed E-state index contributed by atoms with van der Waals surface area (Å²) in [6.45, 7) is 7.96. The van der Waals surface area contributed by atoms with E-state index in [4.69, 9.17) is 10.2 Å². The third-order valence-electron chi connectivity index (χ3n) is 4.11. The van der Waals surface area contributed by atoms with Crippen molar-refractivity contribution in [2.24, 2.45) is 17.1 Å². The lowest BCUT2D eigenvalue weighted by atomic mass is 9.76. The molecule has 0 aromatic carbocycles. The third kappa shape index (κ3) is 3.07. The van der Waals surface area contributed by atoms with Crippen molar-refractivity contribution in [3.05, 3.63) is 17.9 Å². The Kier molecular flexibility index (Phi) is 4.27. The van der Waals surface area contributed by atoms with Crippen LogP contribution in [0, 0.1) is 11.3 Å². The second-order valence-electron chi connectivity index (χ2n) is 6.47. The molecule has 0 bridgehead atoms. The first kappa shape index (κ1) is 15.5. The Balaban J connectivity index is 2.09. The van der Waals surface area contributed by atoms with Crippen molar-refractivity contribution in [1.82, 2.24) is 4.31 Å². The fourth-order valence-corrected chi connectivity index (χ4v) is 4.09. The maximum atomic E-state index is 12.5. The Morgan fingerprint density at radius 3 is 2.35 bits per heavy atom. The summed E-state index contributed by atoms with van der Waals surface area (Å²) >= 11 is 0. The van der Waals surface area contributed by atoms with E-state index in [0.717, 1.165) is 12.8 Å². The predicted molar refractivity (Wildman–Crippen MR) is 77.5 cm³/mol. The number of nitrogens with two attached hydrogens (primary N) is 1. The molecule has 2 heterocycles. The van der Waals surface area contributed by atoms with Crippen LogP contribution in [0.2, 0.25) is 0 Å².